The second-order valence-corrected chi connectivity index (χ2v) is 7.28. The Labute approximate surface area is 132 Å². The number of nitrogens with two attached hydrogens (primary N) is 1. The van der Waals surface area contributed by atoms with E-state index in [0.29, 0.717) is 5.92 Å². The van der Waals surface area contributed by atoms with Crippen molar-refractivity contribution in [3.63, 3.8) is 0 Å². The summed E-state index contributed by atoms with van der Waals surface area (Å²) in [5, 5.41) is 0. The van der Waals surface area contributed by atoms with E-state index < -0.39 is 0 Å². The van der Waals surface area contributed by atoms with E-state index in [-0.39, 0.29) is 16.7 Å². The van der Waals surface area contributed by atoms with Gasteiger partial charge in [0.2, 0.25) is 5.91 Å². The molecule has 4 nitrogen and oxygen atoms in total. The van der Waals surface area contributed by atoms with Crippen molar-refractivity contribution in [1.29, 1.82) is 0 Å². The van der Waals surface area contributed by atoms with Gasteiger partial charge in [-0.15, -0.1) is 0 Å². The van der Waals surface area contributed by atoms with Crippen LogP contribution in [0.2, 0.25) is 0 Å². The smallest absolute Gasteiger partial charge is 0.240 e. The lowest BCUT2D eigenvalue weighted by molar-refractivity contribution is -0.139. The molecule has 0 aliphatic heterocycles. The van der Waals surface area contributed by atoms with Crippen molar-refractivity contribution in [2.24, 2.45) is 17.2 Å². The molecule has 2 aliphatic rings. The minimum absolute atomic E-state index is 0.0155. The van der Waals surface area contributed by atoms with Gasteiger partial charge in [-0.2, -0.15) is 0 Å². The van der Waals surface area contributed by atoms with Gasteiger partial charge in [-0.05, 0) is 60.3 Å². The predicted octanol–water partition coefficient (Wildman–Crippen LogP) is 2.70. The Morgan fingerprint density at radius 3 is 2.82 bits per heavy atom. The number of rotatable bonds is 2. The molecule has 0 aromatic heterocycles. The molecule has 0 saturated heterocycles. The van der Waals surface area contributed by atoms with Crippen LogP contribution in [0, 0.1) is 11.3 Å². The maximum atomic E-state index is 12.5. The van der Waals surface area contributed by atoms with Crippen LogP contribution in [0.4, 0.5) is 0 Å². The minimum atomic E-state index is -0.386. The first-order valence-electron chi connectivity index (χ1n) is 8.14. The Morgan fingerprint density at radius 1 is 1.36 bits per heavy atom. The lowest BCUT2D eigenvalue weighted by Crippen LogP contribution is -2.56. The van der Waals surface area contributed by atoms with E-state index in [1.54, 1.807) is 7.11 Å². The highest BCUT2D eigenvalue weighted by atomic mass is 16.5. The summed E-state index contributed by atoms with van der Waals surface area (Å²) in [4.78, 5) is 12.5. The molecule has 0 heterocycles. The van der Waals surface area contributed by atoms with E-state index in [1.165, 1.54) is 11.1 Å². The van der Waals surface area contributed by atoms with Crippen LogP contribution >= 0.6 is 0 Å². The molecule has 120 valence electrons. The van der Waals surface area contributed by atoms with Gasteiger partial charge in [0.25, 0.3) is 0 Å². The zero-order valence-electron chi connectivity index (χ0n) is 13.7. The molecule has 4 heteroatoms. The largest absolute Gasteiger partial charge is 0.497 e. The third-order valence-electron chi connectivity index (χ3n) is 6.21. The first-order valence-corrected chi connectivity index (χ1v) is 8.14. The van der Waals surface area contributed by atoms with Gasteiger partial charge in [0.05, 0.1) is 12.5 Å². The summed E-state index contributed by atoms with van der Waals surface area (Å²) in [5.74, 6) is 6.67. The first kappa shape index (κ1) is 15.3. The van der Waals surface area contributed by atoms with Crippen molar-refractivity contribution < 1.29 is 9.53 Å². The molecule has 3 rings (SSSR count). The summed E-state index contributed by atoms with van der Waals surface area (Å²) in [6, 6.07) is 6.40. The summed E-state index contributed by atoms with van der Waals surface area (Å²) in [5.41, 5.74) is 4.80. The highest BCUT2D eigenvalue weighted by Gasteiger charge is 2.54. The van der Waals surface area contributed by atoms with Crippen LogP contribution < -0.4 is 16.0 Å². The van der Waals surface area contributed by atoms with Gasteiger partial charge in [0.15, 0.2) is 0 Å². The molecule has 1 amide bonds. The average molecular weight is 302 g/mol. The molecule has 22 heavy (non-hydrogen) atoms. The van der Waals surface area contributed by atoms with Crippen LogP contribution in [-0.4, -0.2) is 13.0 Å². The lowest BCUT2D eigenvalue weighted by Gasteiger charge is -2.54. The van der Waals surface area contributed by atoms with Crippen LogP contribution in [0.3, 0.4) is 0 Å². The van der Waals surface area contributed by atoms with Crippen molar-refractivity contribution in [2.75, 3.05) is 7.11 Å². The summed E-state index contributed by atoms with van der Waals surface area (Å²) in [6.07, 6.45) is 5.14. The zero-order chi connectivity index (χ0) is 16.0. The molecule has 1 aromatic rings. The second kappa shape index (κ2) is 5.27. The molecular formula is C18H26N2O2. The quantitative estimate of drug-likeness (QED) is 0.501. The number of benzene rings is 1. The van der Waals surface area contributed by atoms with Crippen molar-refractivity contribution in [3.05, 3.63) is 29.3 Å². The monoisotopic (exact) mass is 302 g/mol. The van der Waals surface area contributed by atoms with Gasteiger partial charge >= 0.3 is 0 Å². The van der Waals surface area contributed by atoms with Crippen LogP contribution in [0.25, 0.3) is 0 Å². The number of ether oxygens (including phenoxy) is 1. The molecule has 1 aromatic carbocycles. The van der Waals surface area contributed by atoms with Crippen LogP contribution in [0.1, 0.15) is 50.7 Å². The van der Waals surface area contributed by atoms with Crippen LogP contribution in [-0.2, 0) is 16.6 Å². The van der Waals surface area contributed by atoms with Gasteiger partial charge < -0.3 is 4.74 Å². The third-order valence-corrected chi connectivity index (χ3v) is 6.21. The summed E-state index contributed by atoms with van der Waals surface area (Å²) < 4.78 is 5.43. The molecular weight excluding hydrogens is 276 g/mol. The van der Waals surface area contributed by atoms with Crippen molar-refractivity contribution in [1.82, 2.24) is 5.43 Å². The second-order valence-electron chi connectivity index (χ2n) is 7.28. The van der Waals surface area contributed by atoms with E-state index in [9.17, 15) is 4.79 Å². The van der Waals surface area contributed by atoms with E-state index in [4.69, 9.17) is 10.6 Å². The van der Waals surface area contributed by atoms with E-state index in [1.807, 2.05) is 6.07 Å². The SMILES string of the molecule is COc1ccc2c(c1)C1(C)CCCC(C)(C(=O)NN)C1CC2. The number of nitrogens with one attached hydrogen (secondary N) is 1. The highest BCUT2D eigenvalue weighted by Crippen LogP contribution is 2.57. The van der Waals surface area contributed by atoms with Gasteiger partial charge in [0.1, 0.15) is 5.75 Å². The zero-order valence-corrected chi connectivity index (χ0v) is 13.7. The van der Waals surface area contributed by atoms with E-state index >= 15 is 0 Å². The fraction of sp³-hybridized carbons (Fsp3) is 0.611. The van der Waals surface area contributed by atoms with Crippen molar-refractivity contribution >= 4 is 5.91 Å². The van der Waals surface area contributed by atoms with E-state index in [2.05, 4.69) is 31.4 Å². The number of hydrogen-bond donors (Lipinski definition) is 2. The van der Waals surface area contributed by atoms with Gasteiger partial charge in [-0.3, -0.25) is 10.2 Å². The molecule has 3 N–H and O–H groups in total. The Kier molecular flexibility index (Phi) is 3.68. The van der Waals surface area contributed by atoms with Gasteiger partial charge in [-0.25, -0.2) is 5.84 Å². The van der Waals surface area contributed by atoms with Crippen LogP contribution in [0.5, 0.6) is 5.75 Å². The Morgan fingerprint density at radius 2 is 2.14 bits per heavy atom. The fourth-order valence-electron chi connectivity index (χ4n) is 5.00. The van der Waals surface area contributed by atoms with Gasteiger partial charge in [-0.1, -0.05) is 26.3 Å². The minimum Gasteiger partial charge on any atom is -0.497 e. The molecule has 0 radical (unpaired) electrons. The highest BCUT2D eigenvalue weighted by molar-refractivity contribution is 5.82. The Hall–Kier alpha value is -1.55. The Balaban J connectivity index is 2.09. The number of carbonyl (C=O) groups is 1. The van der Waals surface area contributed by atoms with Crippen LogP contribution in [0.15, 0.2) is 18.2 Å². The number of amides is 1. The molecule has 0 spiro atoms. The fourth-order valence-corrected chi connectivity index (χ4v) is 5.00. The van der Waals surface area contributed by atoms with Crippen molar-refractivity contribution in [2.45, 2.75) is 51.4 Å². The summed E-state index contributed by atoms with van der Waals surface area (Å²) in [7, 11) is 1.71. The molecule has 3 unspecified atom stereocenters. The summed E-state index contributed by atoms with van der Waals surface area (Å²) in [6.45, 7) is 4.40. The standard InChI is InChI=1S/C18H26N2O2/c1-17-9-4-10-18(2,16(21)20-19)15(17)8-6-12-5-7-13(22-3)11-14(12)17/h5,7,11,15H,4,6,8-10,19H2,1-3H3,(H,20,21). The number of hydrogen-bond acceptors (Lipinski definition) is 3. The number of carbonyl (C=O) groups excluding carboxylic acids is 1. The molecule has 3 atom stereocenters. The first-order chi connectivity index (χ1) is 10.5. The van der Waals surface area contributed by atoms with Gasteiger partial charge in [0, 0.05) is 0 Å². The predicted molar refractivity (Wildman–Crippen MR) is 86.4 cm³/mol. The third kappa shape index (κ3) is 2.04. The molecule has 2 aliphatic carbocycles. The maximum Gasteiger partial charge on any atom is 0.240 e. The molecule has 1 saturated carbocycles. The normalized spacial score (nSPS) is 33.5. The molecule has 0 bridgehead atoms. The summed E-state index contributed by atoms with van der Waals surface area (Å²) >= 11 is 0. The van der Waals surface area contributed by atoms with E-state index in [0.717, 1.165) is 37.9 Å². The Bertz CT molecular complexity index is 601. The number of hydrazine groups is 1. The topological polar surface area (TPSA) is 64.3 Å². The average Bonchev–Trinajstić information content (AvgIpc) is 2.53. The molecule has 1 fully saturated rings. The lowest BCUT2D eigenvalue weighted by atomic mass is 9.49. The van der Waals surface area contributed by atoms with Crippen molar-refractivity contribution in [3.8, 4) is 5.75 Å². The number of fused-ring (bicyclic) bond motifs is 3. The number of aryl methyl sites for hydroxylation is 1. The number of methoxy groups -OCH3 is 1. The maximum absolute atomic E-state index is 12.5.